The normalized spacial score (nSPS) is 14.7. The van der Waals surface area contributed by atoms with Gasteiger partial charge in [0.2, 0.25) is 5.91 Å². The van der Waals surface area contributed by atoms with Gasteiger partial charge in [-0.1, -0.05) is 24.3 Å². The molecular formula is C19H15FN4O. The summed E-state index contributed by atoms with van der Waals surface area (Å²) in [5.74, 6) is -0.790. The fourth-order valence-electron chi connectivity index (χ4n) is 2.75. The number of carbonyl (C=O) groups excluding carboxylic acids is 1. The molecule has 0 radical (unpaired) electrons. The average molecular weight is 334 g/mol. The lowest BCUT2D eigenvalue weighted by atomic mass is 9.93. The third-order valence-corrected chi connectivity index (χ3v) is 4.25. The molecule has 0 fully saturated rings. The van der Waals surface area contributed by atoms with E-state index in [1.807, 2.05) is 24.3 Å². The van der Waals surface area contributed by atoms with E-state index in [1.165, 1.54) is 24.1 Å². The molecule has 0 aliphatic carbocycles. The van der Waals surface area contributed by atoms with Crippen LogP contribution in [0.15, 0.2) is 48.2 Å². The Balaban J connectivity index is 2.08. The Morgan fingerprint density at radius 2 is 1.88 bits per heavy atom. The SMILES string of the molecule is CN1C(=N)C(N)=C(c2cccc(-c3ccc(F)c(C#N)c3)c2)CC1=O. The summed E-state index contributed by atoms with van der Waals surface area (Å²) < 4.78 is 13.5. The lowest BCUT2D eigenvalue weighted by Crippen LogP contribution is -2.40. The predicted molar refractivity (Wildman–Crippen MR) is 92.8 cm³/mol. The topological polar surface area (TPSA) is 94.0 Å². The molecule has 124 valence electrons. The van der Waals surface area contributed by atoms with Crippen LogP contribution in [-0.4, -0.2) is 23.7 Å². The van der Waals surface area contributed by atoms with Crippen LogP contribution in [0.4, 0.5) is 4.39 Å². The summed E-state index contributed by atoms with van der Waals surface area (Å²) in [6, 6.07) is 13.4. The van der Waals surface area contributed by atoms with E-state index < -0.39 is 5.82 Å². The summed E-state index contributed by atoms with van der Waals surface area (Å²) in [6.07, 6.45) is 0.112. The van der Waals surface area contributed by atoms with Gasteiger partial charge in [0.25, 0.3) is 0 Å². The number of halogens is 1. The van der Waals surface area contributed by atoms with Crippen LogP contribution in [0.5, 0.6) is 0 Å². The summed E-state index contributed by atoms with van der Waals surface area (Å²) >= 11 is 0. The molecule has 1 amide bonds. The van der Waals surface area contributed by atoms with Gasteiger partial charge in [-0.25, -0.2) is 4.39 Å². The Morgan fingerprint density at radius 1 is 1.20 bits per heavy atom. The molecule has 2 aromatic carbocycles. The number of rotatable bonds is 2. The smallest absolute Gasteiger partial charge is 0.232 e. The molecule has 3 N–H and O–H groups in total. The third-order valence-electron chi connectivity index (χ3n) is 4.25. The van der Waals surface area contributed by atoms with Crippen molar-refractivity contribution in [3.8, 4) is 17.2 Å². The summed E-state index contributed by atoms with van der Waals surface area (Å²) in [6.45, 7) is 0. The van der Waals surface area contributed by atoms with Crippen molar-refractivity contribution in [1.82, 2.24) is 4.90 Å². The molecule has 0 unspecified atom stereocenters. The van der Waals surface area contributed by atoms with Crippen molar-refractivity contribution < 1.29 is 9.18 Å². The monoisotopic (exact) mass is 334 g/mol. The van der Waals surface area contributed by atoms with Gasteiger partial charge in [-0.05, 0) is 40.5 Å². The quantitative estimate of drug-likeness (QED) is 0.884. The van der Waals surface area contributed by atoms with Crippen LogP contribution in [0.2, 0.25) is 0 Å². The van der Waals surface area contributed by atoms with E-state index in [2.05, 4.69) is 0 Å². The molecule has 0 spiro atoms. The fourth-order valence-corrected chi connectivity index (χ4v) is 2.75. The van der Waals surface area contributed by atoms with Crippen LogP contribution in [0, 0.1) is 22.6 Å². The van der Waals surface area contributed by atoms with Crippen molar-refractivity contribution in [2.75, 3.05) is 7.05 Å². The van der Waals surface area contributed by atoms with Crippen LogP contribution in [0.3, 0.4) is 0 Å². The second-order valence-corrected chi connectivity index (χ2v) is 5.76. The Labute approximate surface area is 144 Å². The Kier molecular flexibility index (Phi) is 4.07. The minimum atomic E-state index is -0.566. The number of nitrogens with one attached hydrogen (secondary N) is 1. The summed E-state index contributed by atoms with van der Waals surface area (Å²) in [5.41, 5.74) is 9.04. The van der Waals surface area contributed by atoms with Gasteiger partial charge in [-0.15, -0.1) is 0 Å². The van der Waals surface area contributed by atoms with E-state index in [0.717, 1.165) is 11.1 Å². The number of amides is 1. The zero-order chi connectivity index (χ0) is 18.1. The molecule has 3 rings (SSSR count). The van der Waals surface area contributed by atoms with Crippen molar-refractivity contribution in [2.45, 2.75) is 6.42 Å². The first-order valence-corrected chi connectivity index (χ1v) is 7.57. The van der Waals surface area contributed by atoms with E-state index >= 15 is 0 Å². The minimum absolute atomic E-state index is 0.0230. The highest BCUT2D eigenvalue weighted by Gasteiger charge is 2.26. The van der Waals surface area contributed by atoms with E-state index in [4.69, 9.17) is 16.4 Å². The van der Waals surface area contributed by atoms with Gasteiger partial charge in [-0.2, -0.15) is 5.26 Å². The van der Waals surface area contributed by atoms with Crippen LogP contribution in [0.25, 0.3) is 16.7 Å². The Hall–Kier alpha value is -3.46. The van der Waals surface area contributed by atoms with Crippen LogP contribution >= 0.6 is 0 Å². The third kappa shape index (κ3) is 2.88. The second kappa shape index (κ2) is 6.21. The van der Waals surface area contributed by atoms with Gasteiger partial charge < -0.3 is 5.73 Å². The van der Waals surface area contributed by atoms with Gasteiger partial charge in [0.1, 0.15) is 11.9 Å². The lowest BCUT2D eigenvalue weighted by molar-refractivity contribution is -0.125. The zero-order valence-corrected chi connectivity index (χ0v) is 13.5. The maximum absolute atomic E-state index is 13.5. The summed E-state index contributed by atoms with van der Waals surface area (Å²) in [5, 5.41) is 16.9. The van der Waals surface area contributed by atoms with Gasteiger partial charge >= 0.3 is 0 Å². The Bertz CT molecular complexity index is 972. The largest absolute Gasteiger partial charge is 0.395 e. The molecule has 6 heteroatoms. The average Bonchev–Trinajstić information content (AvgIpc) is 2.63. The van der Waals surface area contributed by atoms with Crippen molar-refractivity contribution >= 4 is 17.3 Å². The van der Waals surface area contributed by atoms with Crippen LogP contribution < -0.4 is 5.73 Å². The number of amidine groups is 1. The van der Waals surface area contributed by atoms with E-state index in [-0.39, 0.29) is 29.4 Å². The Morgan fingerprint density at radius 3 is 2.60 bits per heavy atom. The van der Waals surface area contributed by atoms with Crippen molar-refractivity contribution in [3.63, 3.8) is 0 Å². The first-order valence-electron chi connectivity index (χ1n) is 7.57. The molecule has 0 bridgehead atoms. The number of nitriles is 1. The van der Waals surface area contributed by atoms with Crippen molar-refractivity contribution in [3.05, 3.63) is 65.1 Å². The highest BCUT2D eigenvalue weighted by atomic mass is 19.1. The molecule has 1 aliphatic heterocycles. The van der Waals surface area contributed by atoms with Crippen LogP contribution in [-0.2, 0) is 4.79 Å². The zero-order valence-electron chi connectivity index (χ0n) is 13.5. The number of nitrogens with zero attached hydrogens (tertiary/aromatic N) is 2. The highest BCUT2D eigenvalue weighted by Crippen LogP contribution is 2.30. The number of likely N-dealkylation sites (N-methyl/N-ethyl adjacent to an activating group) is 1. The molecule has 1 aliphatic rings. The minimum Gasteiger partial charge on any atom is -0.395 e. The highest BCUT2D eigenvalue weighted by molar-refractivity contribution is 6.16. The predicted octanol–water partition coefficient (Wildman–Crippen LogP) is 2.87. The maximum Gasteiger partial charge on any atom is 0.232 e. The number of nitrogens with two attached hydrogens (primary N) is 1. The number of hydrogen-bond donors (Lipinski definition) is 2. The number of benzene rings is 2. The molecule has 2 aromatic rings. The fraction of sp³-hybridized carbons (Fsp3) is 0.105. The molecule has 0 saturated heterocycles. The van der Waals surface area contributed by atoms with E-state index in [1.54, 1.807) is 12.1 Å². The van der Waals surface area contributed by atoms with E-state index in [0.29, 0.717) is 11.1 Å². The first-order chi connectivity index (χ1) is 11.9. The number of hydrogen-bond acceptors (Lipinski definition) is 4. The standard InChI is InChI=1S/C19H15FN4O/c1-24-17(25)9-15(18(22)19(24)23)13-4-2-3-11(7-13)12-5-6-16(20)14(8-12)10-21/h2-8,23H,9,22H2,1H3. The molecular weight excluding hydrogens is 319 g/mol. The first kappa shape index (κ1) is 16.4. The molecule has 25 heavy (non-hydrogen) atoms. The molecule has 0 aromatic heterocycles. The summed E-state index contributed by atoms with van der Waals surface area (Å²) in [7, 11) is 1.52. The molecule has 1 heterocycles. The summed E-state index contributed by atoms with van der Waals surface area (Å²) in [4.78, 5) is 13.3. The lowest BCUT2D eigenvalue weighted by Gasteiger charge is -2.26. The van der Waals surface area contributed by atoms with Gasteiger partial charge in [-0.3, -0.25) is 15.1 Å². The molecule has 5 nitrogen and oxygen atoms in total. The van der Waals surface area contributed by atoms with Crippen molar-refractivity contribution in [2.24, 2.45) is 5.73 Å². The maximum atomic E-state index is 13.5. The number of carbonyl (C=O) groups is 1. The molecule has 0 saturated carbocycles. The van der Waals surface area contributed by atoms with Crippen LogP contribution in [0.1, 0.15) is 17.5 Å². The van der Waals surface area contributed by atoms with Gasteiger partial charge in [0.05, 0.1) is 17.7 Å². The van der Waals surface area contributed by atoms with Gasteiger partial charge in [0.15, 0.2) is 5.84 Å². The van der Waals surface area contributed by atoms with Gasteiger partial charge in [0, 0.05) is 7.05 Å². The second-order valence-electron chi connectivity index (χ2n) is 5.76. The van der Waals surface area contributed by atoms with E-state index in [9.17, 15) is 9.18 Å². The van der Waals surface area contributed by atoms with Crippen molar-refractivity contribution in [1.29, 1.82) is 10.7 Å². The molecule has 0 atom stereocenters.